The zero-order chi connectivity index (χ0) is 19.2. The van der Waals surface area contributed by atoms with Gasteiger partial charge in [-0.2, -0.15) is 0 Å². The highest BCUT2D eigenvalue weighted by Gasteiger charge is 2.09. The van der Waals surface area contributed by atoms with E-state index in [1.165, 1.54) is 25.7 Å². The Labute approximate surface area is 159 Å². The summed E-state index contributed by atoms with van der Waals surface area (Å²) in [5, 5.41) is 15.2. The lowest BCUT2D eigenvalue weighted by molar-refractivity contribution is 0.145. The van der Waals surface area contributed by atoms with Crippen LogP contribution in [0.5, 0.6) is 0 Å². The minimum absolute atomic E-state index is 0.518. The number of aliphatic imine (C=N–C) groups is 1. The number of aromatic nitrogens is 3. The van der Waals surface area contributed by atoms with Crippen molar-refractivity contribution in [3.63, 3.8) is 0 Å². The molecule has 1 rings (SSSR count). The first-order valence-corrected chi connectivity index (χ1v) is 10.1. The zero-order valence-corrected chi connectivity index (χ0v) is 17.3. The van der Waals surface area contributed by atoms with Crippen molar-refractivity contribution < 1.29 is 4.74 Å². The fourth-order valence-electron chi connectivity index (χ4n) is 2.62. The van der Waals surface area contributed by atoms with E-state index in [2.05, 4.69) is 34.7 Å². The van der Waals surface area contributed by atoms with Gasteiger partial charge in [0.1, 0.15) is 12.4 Å². The highest BCUT2D eigenvalue weighted by Crippen LogP contribution is 2.11. The lowest BCUT2D eigenvalue weighted by atomic mass is 9.99. The fraction of sp³-hybridized carbons (Fsp3) is 0.842. The van der Waals surface area contributed by atoms with Crippen molar-refractivity contribution >= 4 is 5.96 Å². The summed E-state index contributed by atoms with van der Waals surface area (Å²) in [6, 6.07) is 0. The van der Waals surface area contributed by atoms with Crippen LogP contribution in [0.3, 0.4) is 0 Å². The van der Waals surface area contributed by atoms with Gasteiger partial charge in [-0.25, -0.2) is 4.99 Å². The highest BCUT2D eigenvalue weighted by atomic mass is 16.5. The van der Waals surface area contributed by atoms with Crippen molar-refractivity contribution in [3.05, 3.63) is 11.6 Å². The SMILES string of the molecule is CCCCC(CC)CNC(=NCc1nnc(C)n1C)NCCCOCC. The summed E-state index contributed by atoms with van der Waals surface area (Å²) in [7, 11) is 1.97. The third-order valence-electron chi connectivity index (χ3n) is 4.62. The van der Waals surface area contributed by atoms with Crippen LogP contribution >= 0.6 is 0 Å². The molecule has 0 amide bonds. The number of hydrogen-bond donors (Lipinski definition) is 2. The van der Waals surface area contributed by atoms with Gasteiger partial charge in [-0.1, -0.05) is 33.1 Å². The second kappa shape index (κ2) is 13.6. The van der Waals surface area contributed by atoms with Crippen LogP contribution in [0.25, 0.3) is 0 Å². The minimum atomic E-state index is 0.518. The predicted molar refractivity (Wildman–Crippen MR) is 107 cm³/mol. The molecule has 0 aliphatic heterocycles. The molecule has 1 aromatic rings. The second-order valence-electron chi connectivity index (χ2n) is 6.66. The molecule has 0 saturated carbocycles. The van der Waals surface area contributed by atoms with Gasteiger partial charge >= 0.3 is 0 Å². The molecule has 0 fully saturated rings. The maximum absolute atomic E-state index is 5.40. The number of guanidine groups is 1. The number of unbranched alkanes of at least 4 members (excludes halogenated alkanes) is 1. The topological polar surface area (TPSA) is 76.4 Å². The number of hydrogen-bond acceptors (Lipinski definition) is 4. The Morgan fingerprint density at radius 1 is 1.19 bits per heavy atom. The Kier molecular flexibility index (Phi) is 11.7. The maximum atomic E-state index is 5.40. The van der Waals surface area contributed by atoms with Gasteiger partial charge in [0.05, 0.1) is 0 Å². The van der Waals surface area contributed by atoms with Crippen LogP contribution in [0.4, 0.5) is 0 Å². The minimum Gasteiger partial charge on any atom is -0.382 e. The molecule has 150 valence electrons. The van der Waals surface area contributed by atoms with Gasteiger partial charge in [-0.05, 0) is 32.6 Å². The molecule has 0 aromatic carbocycles. The molecule has 1 atom stereocenters. The van der Waals surface area contributed by atoms with E-state index in [1.807, 2.05) is 25.5 Å². The van der Waals surface area contributed by atoms with Crippen LogP contribution in [-0.4, -0.2) is 47.0 Å². The molecular weight excluding hydrogens is 328 g/mol. The van der Waals surface area contributed by atoms with Gasteiger partial charge in [0.15, 0.2) is 11.8 Å². The third kappa shape index (κ3) is 8.65. The number of rotatable bonds is 13. The van der Waals surface area contributed by atoms with E-state index in [-0.39, 0.29) is 0 Å². The molecule has 0 aliphatic carbocycles. The van der Waals surface area contributed by atoms with Gasteiger partial charge in [0.25, 0.3) is 0 Å². The quantitative estimate of drug-likeness (QED) is 0.319. The number of ether oxygens (including phenoxy) is 1. The molecule has 0 aliphatic rings. The summed E-state index contributed by atoms with van der Waals surface area (Å²) >= 11 is 0. The Hall–Kier alpha value is -1.63. The van der Waals surface area contributed by atoms with Crippen molar-refractivity contribution in [1.29, 1.82) is 0 Å². The Balaban J connectivity index is 2.58. The maximum Gasteiger partial charge on any atom is 0.191 e. The molecule has 0 bridgehead atoms. The van der Waals surface area contributed by atoms with Crippen molar-refractivity contribution in [2.24, 2.45) is 18.0 Å². The third-order valence-corrected chi connectivity index (χ3v) is 4.62. The number of nitrogens with one attached hydrogen (secondary N) is 2. The second-order valence-corrected chi connectivity index (χ2v) is 6.66. The van der Waals surface area contributed by atoms with Crippen molar-refractivity contribution in [2.75, 3.05) is 26.3 Å². The van der Waals surface area contributed by atoms with Crippen molar-refractivity contribution in [2.45, 2.75) is 66.3 Å². The molecule has 2 N–H and O–H groups in total. The Morgan fingerprint density at radius 2 is 2.00 bits per heavy atom. The van der Waals surface area contributed by atoms with E-state index in [0.29, 0.717) is 12.5 Å². The molecule has 0 saturated heterocycles. The van der Waals surface area contributed by atoms with Gasteiger partial charge in [0.2, 0.25) is 0 Å². The predicted octanol–water partition coefficient (Wildman–Crippen LogP) is 2.80. The van der Waals surface area contributed by atoms with E-state index in [0.717, 1.165) is 50.3 Å². The molecule has 7 heteroatoms. The largest absolute Gasteiger partial charge is 0.382 e. The lowest BCUT2D eigenvalue weighted by Crippen LogP contribution is -2.40. The van der Waals surface area contributed by atoms with Crippen LogP contribution in [0.2, 0.25) is 0 Å². The monoisotopic (exact) mass is 366 g/mol. The van der Waals surface area contributed by atoms with E-state index < -0.39 is 0 Å². The first kappa shape index (κ1) is 22.4. The van der Waals surface area contributed by atoms with Gasteiger partial charge in [0, 0.05) is 33.4 Å². The number of nitrogens with zero attached hydrogens (tertiary/aromatic N) is 4. The van der Waals surface area contributed by atoms with Gasteiger partial charge < -0.3 is 19.9 Å². The number of aryl methyl sites for hydroxylation is 1. The average molecular weight is 367 g/mol. The summed E-state index contributed by atoms with van der Waals surface area (Å²) in [4.78, 5) is 4.70. The molecule has 0 radical (unpaired) electrons. The summed E-state index contributed by atoms with van der Waals surface area (Å²) in [6.07, 6.45) is 5.95. The standard InChI is InChI=1S/C19H38N6O/c1-6-9-11-17(7-2)14-21-19(20-12-10-13-26-8-3)22-15-18-24-23-16(4)25(18)5/h17H,6-15H2,1-5H3,(H2,20,21,22). The van der Waals surface area contributed by atoms with Gasteiger partial charge in [-0.15, -0.1) is 10.2 Å². The van der Waals surface area contributed by atoms with Crippen LogP contribution in [-0.2, 0) is 18.3 Å². The molecule has 1 aromatic heterocycles. The first-order valence-electron chi connectivity index (χ1n) is 10.1. The van der Waals surface area contributed by atoms with E-state index in [9.17, 15) is 0 Å². The van der Waals surface area contributed by atoms with Crippen LogP contribution in [0.15, 0.2) is 4.99 Å². The van der Waals surface area contributed by atoms with Crippen LogP contribution in [0.1, 0.15) is 64.5 Å². The van der Waals surface area contributed by atoms with Gasteiger partial charge in [-0.3, -0.25) is 0 Å². The average Bonchev–Trinajstić information content (AvgIpc) is 2.97. The molecule has 0 spiro atoms. The fourth-order valence-corrected chi connectivity index (χ4v) is 2.62. The Morgan fingerprint density at radius 3 is 2.62 bits per heavy atom. The molecule has 26 heavy (non-hydrogen) atoms. The summed E-state index contributed by atoms with van der Waals surface area (Å²) in [6.45, 7) is 12.3. The molecule has 1 heterocycles. The van der Waals surface area contributed by atoms with Crippen LogP contribution < -0.4 is 10.6 Å². The van der Waals surface area contributed by atoms with Crippen molar-refractivity contribution in [1.82, 2.24) is 25.4 Å². The summed E-state index contributed by atoms with van der Waals surface area (Å²) < 4.78 is 7.38. The summed E-state index contributed by atoms with van der Waals surface area (Å²) in [5.74, 6) is 3.30. The molecule has 7 nitrogen and oxygen atoms in total. The van der Waals surface area contributed by atoms with Crippen molar-refractivity contribution in [3.8, 4) is 0 Å². The molecular formula is C19H38N6O. The normalized spacial score (nSPS) is 13.0. The lowest BCUT2D eigenvalue weighted by Gasteiger charge is -2.18. The van der Waals surface area contributed by atoms with E-state index in [4.69, 9.17) is 9.73 Å². The zero-order valence-electron chi connectivity index (χ0n) is 17.3. The highest BCUT2D eigenvalue weighted by molar-refractivity contribution is 5.79. The van der Waals surface area contributed by atoms with Crippen LogP contribution in [0, 0.1) is 12.8 Å². The first-order chi connectivity index (χ1) is 12.6. The Bertz CT molecular complexity index is 514. The van der Waals surface area contributed by atoms with E-state index in [1.54, 1.807) is 0 Å². The molecule has 1 unspecified atom stereocenters. The smallest absolute Gasteiger partial charge is 0.191 e. The van der Waals surface area contributed by atoms with E-state index >= 15 is 0 Å². The summed E-state index contributed by atoms with van der Waals surface area (Å²) in [5.41, 5.74) is 0.